The van der Waals surface area contributed by atoms with Crippen molar-refractivity contribution < 1.29 is 22.0 Å². The van der Waals surface area contributed by atoms with Crippen LogP contribution < -0.4 is 5.73 Å². The summed E-state index contributed by atoms with van der Waals surface area (Å²) in [5, 5.41) is 0. The molecule has 0 fully saturated rings. The number of rotatable bonds is 3. The molecule has 2 aromatic carbocycles. The lowest BCUT2D eigenvalue weighted by atomic mass is 10.2. The van der Waals surface area contributed by atoms with Crippen molar-refractivity contribution in [1.82, 2.24) is 0 Å². The van der Waals surface area contributed by atoms with E-state index < -0.39 is 34.6 Å². The second kappa shape index (κ2) is 5.93. The van der Waals surface area contributed by atoms with Gasteiger partial charge in [0, 0.05) is 21.9 Å². The number of thioether (sulfide) groups is 1. The highest BCUT2D eigenvalue weighted by Crippen LogP contribution is 2.31. The van der Waals surface area contributed by atoms with E-state index in [2.05, 4.69) is 0 Å². The first-order chi connectivity index (χ1) is 9.82. The third-order valence-corrected chi connectivity index (χ3v) is 4.07. The molecule has 0 heterocycles. The summed E-state index contributed by atoms with van der Waals surface area (Å²) >= 11 is 0.969. The third kappa shape index (κ3) is 2.97. The van der Waals surface area contributed by atoms with Gasteiger partial charge in [0.25, 0.3) is 0 Å². The molecule has 0 bridgehead atoms. The van der Waals surface area contributed by atoms with Crippen LogP contribution in [-0.4, -0.2) is 0 Å². The van der Waals surface area contributed by atoms with E-state index in [0.717, 1.165) is 17.3 Å². The summed E-state index contributed by atoms with van der Waals surface area (Å²) in [6.45, 7) is 1.73. The summed E-state index contributed by atoms with van der Waals surface area (Å²) in [6.07, 6.45) is 0. The Bertz CT molecular complexity index is 673. The van der Waals surface area contributed by atoms with E-state index in [4.69, 9.17) is 5.73 Å². The number of hydrogen-bond acceptors (Lipinski definition) is 2. The molecular weight excluding hydrogens is 309 g/mol. The fourth-order valence-electron chi connectivity index (χ4n) is 1.76. The van der Waals surface area contributed by atoms with Gasteiger partial charge in [-0.3, -0.25) is 0 Å². The standard InChI is InChI=1S/C14H10F5NS/c1-6-4-7(20)2-3-9(6)21-5-8-10(15)12(17)14(19)13(18)11(8)16/h2-4H,5,20H2,1H3. The Hall–Kier alpha value is -1.76. The molecular formula is C14H10F5NS. The Balaban J connectivity index is 2.32. The number of benzene rings is 2. The van der Waals surface area contributed by atoms with Gasteiger partial charge in [-0.2, -0.15) is 0 Å². The lowest BCUT2D eigenvalue weighted by molar-refractivity contribution is 0.372. The molecule has 0 spiro atoms. The van der Waals surface area contributed by atoms with Crippen LogP contribution >= 0.6 is 11.8 Å². The minimum Gasteiger partial charge on any atom is -0.399 e. The van der Waals surface area contributed by atoms with Crippen LogP contribution in [0.25, 0.3) is 0 Å². The van der Waals surface area contributed by atoms with Gasteiger partial charge in [0.05, 0.1) is 0 Å². The molecule has 0 aliphatic heterocycles. The fourth-order valence-corrected chi connectivity index (χ4v) is 2.77. The van der Waals surface area contributed by atoms with E-state index in [9.17, 15) is 22.0 Å². The number of anilines is 1. The Morgan fingerprint density at radius 3 is 1.95 bits per heavy atom. The molecule has 0 aliphatic rings. The highest BCUT2D eigenvalue weighted by atomic mass is 32.2. The molecule has 0 aliphatic carbocycles. The van der Waals surface area contributed by atoms with Gasteiger partial charge in [0.15, 0.2) is 23.3 Å². The van der Waals surface area contributed by atoms with Crippen molar-refractivity contribution in [3.05, 3.63) is 58.4 Å². The summed E-state index contributed by atoms with van der Waals surface area (Å²) in [6, 6.07) is 4.87. The van der Waals surface area contributed by atoms with Gasteiger partial charge < -0.3 is 5.73 Å². The normalized spacial score (nSPS) is 11.0. The quantitative estimate of drug-likeness (QED) is 0.295. The molecule has 112 valence electrons. The topological polar surface area (TPSA) is 26.0 Å². The van der Waals surface area contributed by atoms with Gasteiger partial charge in [-0.15, -0.1) is 11.8 Å². The molecule has 0 saturated heterocycles. The first kappa shape index (κ1) is 15.6. The second-order valence-electron chi connectivity index (χ2n) is 4.36. The Morgan fingerprint density at radius 1 is 0.905 bits per heavy atom. The van der Waals surface area contributed by atoms with Crippen LogP contribution in [0.2, 0.25) is 0 Å². The van der Waals surface area contributed by atoms with Crippen LogP contribution in [0.5, 0.6) is 0 Å². The second-order valence-corrected chi connectivity index (χ2v) is 5.38. The highest BCUT2D eigenvalue weighted by molar-refractivity contribution is 7.98. The molecule has 2 aromatic rings. The van der Waals surface area contributed by atoms with Gasteiger partial charge in [0.1, 0.15) is 0 Å². The van der Waals surface area contributed by atoms with E-state index in [-0.39, 0.29) is 5.75 Å². The summed E-state index contributed by atoms with van der Waals surface area (Å²) in [5.74, 6) is -9.99. The molecule has 21 heavy (non-hydrogen) atoms. The van der Waals surface area contributed by atoms with E-state index in [1.165, 1.54) is 0 Å². The Labute approximate surface area is 122 Å². The van der Waals surface area contributed by atoms with Gasteiger partial charge in [-0.1, -0.05) is 0 Å². The first-order valence-corrected chi connectivity index (χ1v) is 6.80. The van der Waals surface area contributed by atoms with Crippen LogP contribution in [0.3, 0.4) is 0 Å². The number of halogens is 5. The fraction of sp³-hybridized carbons (Fsp3) is 0.143. The first-order valence-electron chi connectivity index (χ1n) is 5.82. The highest BCUT2D eigenvalue weighted by Gasteiger charge is 2.25. The maximum atomic E-state index is 13.5. The predicted octanol–water partition coefficient (Wildman–Crippen LogP) is 4.57. The van der Waals surface area contributed by atoms with E-state index in [1.807, 2.05) is 0 Å². The molecule has 7 heteroatoms. The minimum absolute atomic E-state index is 0.378. The molecule has 2 N–H and O–H groups in total. The van der Waals surface area contributed by atoms with Crippen LogP contribution in [0.1, 0.15) is 11.1 Å². The van der Waals surface area contributed by atoms with E-state index in [1.54, 1.807) is 25.1 Å². The minimum atomic E-state index is -2.15. The number of nitrogen functional groups attached to an aromatic ring is 1. The summed E-state index contributed by atoms with van der Waals surface area (Å²) in [4.78, 5) is 0.646. The zero-order valence-corrected chi connectivity index (χ0v) is 11.6. The van der Waals surface area contributed by atoms with Gasteiger partial charge in [-0.25, -0.2) is 22.0 Å². The van der Waals surface area contributed by atoms with Gasteiger partial charge >= 0.3 is 0 Å². The lowest BCUT2D eigenvalue weighted by Gasteiger charge is -2.09. The monoisotopic (exact) mass is 319 g/mol. The number of nitrogens with two attached hydrogens (primary N) is 1. The largest absolute Gasteiger partial charge is 0.399 e. The molecule has 0 atom stereocenters. The summed E-state index contributed by atoms with van der Waals surface area (Å²) in [5.41, 5.74) is 6.00. The maximum absolute atomic E-state index is 13.5. The SMILES string of the molecule is Cc1cc(N)ccc1SCc1c(F)c(F)c(F)c(F)c1F. The molecule has 0 saturated carbocycles. The van der Waals surface area contributed by atoms with Crippen molar-refractivity contribution in [3.8, 4) is 0 Å². The van der Waals surface area contributed by atoms with Crippen molar-refractivity contribution in [3.63, 3.8) is 0 Å². The van der Waals surface area contributed by atoms with Crippen molar-refractivity contribution >= 4 is 17.4 Å². The molecule has 1 nitrogen and oxygen atoms in total. The third-order valence-electron chi connectivity index (χ3n) is 2.87. The maximum Gasteiger partial charge on any atom is 0.200 e. The molecule has 2 rings (SSSR count). The molecule has 0 unspecified atom stereocenters. The van der Waals surface area contributed by atoms with Gasteiger partial charge in [0.2, 0.25) is 5.82 Å². The summed E-state index contributed by atoms with van der Waals surface area (Å²) in [7, 11) is 0. The predicted molar refractivity (Wildman–Crippen MR) is 71.4 cm³/mol. The molecule has 0 aromatic heterocycles. The average Bonchev–Trinajstić information content (AvgIpc) is 2.45. The van der Waals surface area contributed by atoms with Crippen LogP contribution in [0.15, 0.2) is 23.1 Å². The average molecular weight is 319 g/mol. The van der Waals surface area contributed by atoms with Crippen LogP contribution in [0, 0.1) is 36.0 Å². The van der Waals surface area contributed by atoms with Crippen molar-refractivity contribution in [2.24, 2.45) is 0 Å². The summed E-state index contributed by atoms with van der Waals surface area (Å²) < 4.78 is 66.1. The number of aryl methyl sites for hydroxylation is 1. The zero-order valence-electron chi connectivity index (χ0n) is 10.8. The van der Waals surface area contributed by atoms with Crippen LogP contribution in [0.4, 0.5) is 27.6 Å². The van der Waals surface area contributed by atoms with E-state index >= 15 is 0 Å². The van der Waals surface area contributed by atoms with Crippen LogP contribution in [-0.2, 0) is 5.75 Å². The molecule has 0 radical (unpaired) electrons. The van der Waals surface area contributed by atoms with Crippen molar-refractivity contribution in [2.45, 2.75) is 17.6 Å². The smallest absolute Gasteiger partial charge is 0.200 e. The van der Waals surface area contributed by atoms with Crippen molar-refractivity contribution in [1.29, 1.82) is 0 Å². The lowest BCUT2D eigenvalue weighted by Crippen LogP contribution is -2.06. The Kier molecular flexibility index (Phi) is 4.41. The zero-order chi connectivity index (χ0) is 15.7. The Morgan fingerprint density at radius 2 is 1.43 bits per heavy atom. The number of hydrogen-bond donors (Lipinski definition) is 1. The van der Waals surface area contributed by atoms with E-state index in [0.29, 0.717) is 10.6 Å². The molecule has 0 amide bonds. The van der Waals surface area contributed by atoms with Crippen molar-refractivity contribution in [2.75, 3.05) is 5.73 Å². The van der Waals surface area contributed by atoms with Gasteiger partial charge in [-0.05, 0) is 30.7 Å².